The number of carbonyl (C=O) groups is 1. The van der Waals surface area contributed by atoms with Crippen molar-refractivity contribution in [2.45, 2.75) is 20.4 Å². The molecule has 0 bridgehead atoms. The third-order valence-corrected chi connectivity index (χ3v) is 4.02. The maximum absolute atomic E-state index is 11.9. The molecule has 0 aliphatic carbocycles. The molecule has 1 amide bonds. The predicted octanol–water partition coefficient (Wildman–Crippen LogP) is 3.97. The molecule has 0 aliphatic heterocycles. The average Bonchev–Trinajstić information content (AvgIpc) is 2.69. The summed E-state index contributed by atoms with van der Waals surface area (Å²) < 4.78 is 0. The predicted molar refractivity (Wildman–Crippen MR) is 110 cm³/mol. The SMILES string of the molecule is C/C=C\C=C(/C)c1ccc(CNc2ccc(C(=O)NCCN)cc2)cc1. The lowest BCUT2D eigenvalue weighted by Crippen LogP contribution is -2.28. The highest BCUT2D eigenvalue weighted by Crippen LogP contribution is 2.16. The molecule has 0 aromatic heterocycles. The van der Waals surface area contributed by atoms with E-state index in [-0.39, 0.29) is 5.91 Å². The summed E-state index contributed by atoms with van der Waals surface area (Å²) in [6.07, 6.45) is 6.18. The first-order valence-electron chi connectivity index (χ1n) is 8.85. The van der Waals surface area contributed by atoms with Crippen molar-refractivity contribution in [3.8, 4) is 0 Å². The van der Waals surface area contributed by atoms with Crippen LogP contribution >= 0.6 is 0 Å². The molecular formula is C22H27N3O. The summed E-state index contributed by atoms with van der Waals surface area (Å²) in [5.74, 6) is -0.0982. The molecule has 4 nitrogen and oxygen atoms in total. The summed E-state index contributed by atoms with van der Waals surface area (Å²) in [5, 5.41) is 6.14. The molecule has 0 radical (unpaired) electrons. The summed E-state index contributed by atoms with van der Waals surface area (Å²) in [5.41, 5.74) is 10.7. The number of hydrogen-bond acceptors (Lipinski definition) is 3. The number of benzene rings is 2. The summed E-state index contributed by atoms with van der Waals surface area (Å²) >= 11 is 0. The van der Waals surface area contributed by atoms with Gasteiger partial charge in [0.2, 0.25) is 0 Å². The standard InChI is InChI=1S/C22H27N3O/c1-3-4-5-17(2)19-8-6-18(7-9-19)16-25-21-12-10-20(11-13-21)22(26)24-15-14-23/h3-13,25H,14-16,23H2,1-2H3,(H,24,26)/b4-3-,17-5+. The first-order chi connectivity index (χ1) is 12.6. The summed E-state index contributed by atoms with van der Waals surface area (Å²) in [4.78, 5) is 11.9. The molecule has 2 aromatic rings. The van der Waals surface area contributed by atoms with Crippen LogP contribution in [0.3, 0.4) is 0 Å². The first kappa shape index (κ1) is 19.5. The second-order valence-corrected chi connectivity index (χ2v) is 6.05. The normalized spacial score (nSPS) is 11.6. The maximum atomic E-state index is 11.9. The van der Waals surface area contributed by atoms with Gasteiger partial charge in [-0.15, -0.1) is 0 Å². The fourth-order valence-electron chi connectivity index (χ4n) is 2.45. The molecular weight excluding hydrogens is 322 g/mol. The molecule has 26 heavy (non-hydrogen) atoms. The Morgan fingerprint density at radius 1 is 1.04 bits per heavy atom. The van der Waals surface area contributed by atoms with Gasteiger partial charge in [-0.2, -0.15) is 0 Å². The largest absolute Gasteiger partial charge is 0.381 e. The van der Waals surface area contributed by atoms with Crippen LogP contribution in [0.15, 0.2) is 66.8 Å². The number of nitrogens with one attached hydrogen (secondary N) is 2. The third kappa shape index (κ3) is 5.90. The fourth-order valence-corrected chi connectivity index (χ4v) is 2.45. The minimum absolute atomic E-state index is 0.0982. The van der Waals surface area contributed by atoms with Gasteiger partial charge in [-0.05, 0) is 54.8 Å². The zero-order valence-corrected chi connectivity index (χ0v) is 15.5. The number of carbonyl (C=O) groups excluding carboxylic acids is 1. The Morgan fingerprint density at radius 3 is 2.31 bits per heavy atom. The van der Waals surface area contributed by atoms with Crippen LogP contribution in [0.4, 0.5) is 5.69 Å². The highest BCUT2D eigenvalue weighted by Gasteiger charge is 2.04. The fraction of sp³-hybridized carbons (Fsp3) is 0.227. The Labute approximate surface area is 155 Å². The van der Waals surface area contributed by atoms with Gasteiger partial charge in [-0.3, -0.25) is 4.79 Å². The third-order valence-electron chi connectivity index (χ3n) is 4.02. The zero-order valence-electron chi connectivity index (χ0n) is 15.5. The van der Waals surface area contributed by atoms with E-state index in [0.717, 1.165) is 12.2 Å². The molecule has 4 N–H and O–H groups in total. The molecule has 0 saturated carbocycles. The van der Waals surface area contributed by atoms with E-state index in [1.165, 1.54) is 16.7 Å². The second kappa shape index (κ2) is 10.2. The van der Waals surface area contributed by atoms with Crippen molar-refractivity contribution in [2.24, 2.45) is 5.73 Å². The molecule has 0 fully saturated rings. The van der Waals surface area contributed by atoms with Crippen LogP contribution in [0.1, 0.15) is 35.3 Å². The van der Waals surface area contributed by atoms with E-state index >= 15 is 0 Å². The van der Waals surface area contributed by atoms with Crippen LogP contribution in [0.5, 0.6) is 0 Å². The maximum Gasteiger partial charge on any atom is 0.251 e. The van der Waals surface area contributed by atoms with Gasteiger partial charge in [0.15, 0.2) is 0 Å². The number of nitrogens with two attached hydrogens (primary N) is 1. The lowest BCUT2D eigenvalue weighted by atomic mass is 10.0. The molecule has 0 atom stereocenters. The Kier molecular flexibility index (Phi) is 7.65. The van der Waals surface area contributed by atoms with Crippen LogP contribution in [0, 0.1) is 0 Å². The number of hydrogen-bond donors (Lipinski definition) is 3. The minimum Gasteiger partial charge on any atom is -0.381 e. The Hall–Kier alpha value is -2.85. The molecule has 2 aromatic carbocycles. The minimum atomic E-state index is -0.0982. The number of anilines is 1. The van der Waals surface area contributed by atoms with E-state index in [2.05, 4.69) is 47.9 Å². The smallest absolute Gasteiger partial charge is 0.251 e. The molecule has 136 valence electrons. The summed E-state index contributed by atoms with van der Waals surface area (Å²) in [6.45, 7) is 5.78. The molecule has 0 saturated heterocycles. The van der Waals surface area contributed by atoms with Crippen LogP contribution in [0.2, 0.25) is 0 Å². The Balaban J connectivity index is 1.91. The Bertz CT molecular complexity index is 759. The van der Waals surface area contributed by atoms with E-state index in [4.69, 9.17) is 5.73 Å². The Morgan fingerprint density at radius 2 is 1.69 bits per heavy atom. The van der Waals surface area contributed by atoms with Crippen molar-refractivity contribution in [1.82, 2.24) is 5.32 Å². The van der Waals surface area contributed by atoms with Gasteiger partial charge < -0.3 is 16.4 Å². The van der Waals surface area contributed by atoms with Gasteiger partial charge in [-0.1, -0.05) is 42.5 Å². The first-order valence-corrected chi connectivity index (χ1v) is 8.85. The number of allylic oxidation sites excluding steroid dienone is 4. The molecule has 0 heterocycles. The number of rotatable bonds is 8. The summed E-state index contributed by atoms with van der Waals surface area (Å²) in [6, 6.07) is 16.0. The van der Waals surface area contributed by atoms with E-state index in [9.17, 15) is 4.79 Å². The van der Waals surface area contributed by atoms with Crippen molar-refractivity contribution in [3.05, 3.63) is 83.4 Å². The van der Waals surface area contributed by atoms with Crippen LogP contribution < -0.4 is 16.4 Å². The second-order valence-electron chi connectivity index (χ2n) is 6.05. The van der Waals surface area contributed by atoms with Crippen LogP contribution in [0.25, 0.3) is 5.57 Å². The average molecular weight is 349 g/mol. The van der Waals surface area contributed by atoms with E-state index < -0.39 is 0 Å². The van der Waals surface area contributed by atoms with E-state index in [1.54, 1.807) is 0 Å². The highest BCUT2D eigenvalue weighted by molar-refractivity contribution is 5.94. The van der Waals surface area contributed by atoms with Crippen LogP contribution in [-0.2, 0) is 6.54 Å². The van der Waals surface area contributed by atoms with Crippen molar-refractivity contribution in [2.75, 3.05) is 18.4 Å². The molecule has 0 spiro atoms. The summed E-state index contributed by atoms with van der Waals surface area (Å²) in [7, 11) is 0. The molecule has 2 rings (SSSR count). The number of amides is 1. The van der Waals surface area contributed by atoms with Crippen LogP contribution in [-0.4, -0.2) is 19.0 Å². The van der Waals surface area contributed by atoms with E-state index in [0.29, 0.717) is 18.7 Å². The molecule has 4 heteroatoms. The van der Waals surface area contributed by atoms with Gasteiger partial charge in [0.05, 0.1) is 0 Å². The lowest BCUT2D eigenvalue weighted by molar-refractivity contribution is 0.0955. The van der Waals surface area contributed by atoms with Gasteiger partial charge in [0, 0.05) is 30.9 Å². The lowest BCUT2D eigenvalue weighted by Gasteiger charge is -2.09. The van der Waals surface area contributed by atoms with Crippen molar-refractivity contribution in [1.29, 1.82) is 0 Å². The van der Waals surface area contributed by atoms with Crippen molar-refractivity contribution >= 4 is 17.2 Å². The van der Waals surface area contributed by atoms with Gasteiger partial charge >= 0.3 is 0 Å². The van der Waals surface area contributed by atoms with E-state index in [1.807, 2.05) is 43.3 Å². The monoisotopic (exact) mass is 349 g/mol. The van der Waals surface area contributed by atoms with Crippen molar-refractivity contribution in [3.63, 3.8) is 0 Å². The highest BCUT2D eigenvalue weighted by atomic mass is 16.1. The van der Waals surface area contributed by atoms with Gasteiger partial charge in [0.25, 0.3) is 5.91 Å². The molecule has 0 unspecified atom stereocenters. The topological polar surface area (TPSA) is 67.2 Å². The van der Waals surface area contributed by atoms with Gasteiger partial charge in [0.1, 0.15) is 0 Å². The molecule has 0 aliphatic rings. The zero-order chi connectivity index (χ0) is 18.8. The quantitative estimate of drug-likeness (QED) is 0.632. The van der Waals surface area contributed by atoms with Gasteiger partial charge in [-0.25, -0.2) is 0 Å². The van der Waals surface area contributed by atoms with Crippen molar-refractivity contribution < 1.29 is 4.79 Å².